The first-order valence-corrected chi connectivity index (χ1v) is 11.8. The van der Waals surface area contributed by atoms with E-state index in [9.17, 15) is 14.0 Å². The Bertz CT molecular complexity index is 767. The van der Waals surface area contributed by atoms with E-state index in [1.54, 1.807) is 6.07 Å². The first-order chi connectivity index (χ1) is 15.1. The molecular weight excluding hydrogens is 397 g/mol. The molecule has 31 heavy (non-hydrogen) atoms. The molecule has 1 aromatic rings. The van der Waals surface area contributed by atoms with E-state index in [0.717, 1.165) is 31.2 Å². The summed E-state index contributed by atoms with van der Waals surface area (Å²) in [5.41, 5.74) is -0.0341. The predicted molar refractivity (Wildman–Crippen MR) is 116 cm³/mol. The summed E-state index contributed by atoms with van der Waals surface area (Å²) in [5, 5.41) is 6.39. The summed E-state index contributed by atoms with van der Waals surface area (Å²) in [6.45, 7) is 2.26. The van der Waals surface area contributed by atoms with Crippen LogP contribution in [0, 0.1) is 5.82 Å². The lowest BCUT2D eigenvalue weighted by Gasteiger charge is -2.39. The summed E-state index contributed by atoms with van der Waals surface area (Å²) in [7, 11) is 0. The molecule has 1 aromatic carbocycles. The summed E-state index contributed by atoms with van der Waals surface area (Å²) in [6.07, 6.45) is 8.36. The number of hydrogen-bond donors (Lipinski definition) is 2. The van der Waals surface area contributed by atoms with Gasteiger partial charge < -0.3 is 20.3 Å². The number of carbonyl (C=O) groups excluding carboxylic acids is 2. The number of amides is 3. The molecular formula is C24H34FN3O3. The van der Waals surface area contributed by atoms with Gasteiger partial charge in [0.2, 0.25) is 5.91 Å². The Labute approximate surface area is 183 Å². The molecule has 170 valence electrons. The van der Waals surface area contributed by atoms with Crippen molar-refractivity contribution in [2.75, 3.05) is 26.3 Å². The first kappa shape index (κ1) is 22.1. The number of ether oxygens (including phenoxy) is 1. The topological polar surface area (TPSA) is 70.7 Å². The maximum Gasteiger partial charge on any atom is 0.317 e. The summed E-state index contributed by atoms with van der Waals surface area (Å²) >= 11 is 0. The summed E-state index contributed by atoms with van der Waals surface area (Å²) in [5.74, 6) is -0.375. The van der Waals surface area contributed by atoms with Crippen LogP contribution in [0.25, 0.3) is 0 Å². The van der Waals surface area contributed by atoms with E-state index < -0.39 is 5.41 Å². The molecule has 4 rings (SSSR count). The quantitative estimate of drug-likeness (QED) is 0.767. The third kappa shape index (κ3) is 5.20. The van der Waals surface area contributed by atoms with Gasteiger partial charge >= 0.3 is 6.03 Å². The Morgan fingerprint density at radius 2 is 1.65 bits per heavy atom. The highest BCUT2D eigenvalue weighted by Crippen LogP contribution is 2.36. The van der Waals surface area contributed by atoms with E-state index in [-0.39, 0.29) is 23.8 Å². The fourth-order valence-electron chi connectivity index (χ4n) is 5.22. The van der Waals surface area contributed by atoms with Crippen LogP contribution in [0.4, 0.5) is 9.18 Å². The zero-order valence-corrected chi connectivity index (χ0v) is 18.2. The molecule has 6 nitrogen and oxygen atoms in total. The van der Waals surface area contributed by atoms with Crippen molar-refractivity contribution in [3.8, 4) is 0 Å². The van der Waals surface area contributed by atoms with Gasteiger partial charge in [0.1, 0.15) is 5.82 Å². The van der Waals surface area contributed by atoms with E-state index in [2.05, 4.69) is 10.6 Å². The van der Waals surface area contributed by atoms with Gasteiger partial charge in [0.25, 0.3) is 0 Å². The molecule has 2 aliphatic heterocycles. The molecule has 0 aromatic heterocycles. The Kier molecular flexibility index (Phi) is 7.10. The Hall–Kier alpha value is -2.15. The highest BCUT2D eigenvalue weighted by Gasteiger charge is 2.43. The van der Waals surface area contributed by atoms with Crippen LogP contribution in [0.3, 0.4) is 0 Å². The molecule has 2 saturated heterocycles. The van der Waals surface area contributed by atoms with Crippen molar-refractivity contribution in [3.05, 3.63) is 35.6 Å². The van der Waals surface area contributed by atoms with Gasteiger partial charge in [-0.1, -0.05) is 31.4 Å². The number of halogens is 1. The normalized spacial score (nSPS) is 22.7. The number of benzene rings is 1. The maximum atomic E-state index is 13.9. The minimum atomic E-state index is -0.754. The lowest BCUT2D eigenvalue weighted by atomic mass is 9.73. The molecule has 0 radical (unpaired) electrons. The highest BCUT2D eigenvalue weighted by molar-refractivity contribution is 5.88. The van der Waals surface area contributed by atoms with Crippen LogP contribution >= 0.6 is 0 Å². The molecule has 1 saturated carbocycles. The fraction of sp³-hybridized carbons (Fsp3) is 0.667. The molecule has 0 bridgehead atoms. The Morgan fingerprint density at radius 3 is 2.32 bits per heavy atom. The third-order valence-corrected chi connectivity index (χ3v) is 7.21. The SMILES string of the molecule is O=C(NC1CCCCC1)N1CCC(NC(=O)C2(c3cccc(F)c3)CCOCC2)CC1. The van der Waals surface area contributed by atoms with Crippen molar-refractivity contribution in [1.82, 2.24) is 15.5 Å². The number of nitrogens with zero attached hydrogens (tertiary/aromatic N) is 1. The molecule has 0 spiro atoms. The van der Waals surface area contributed by atoms with Gasteiger partial charge in [-0.3, -0.25) is 4.79 Å². The summed E-state index contributed by atoms with van der Waals surface area (Å²) in [6, 6.07) is 6.74. The van der Waals surface area contributed by atoms with Crippen LogP contribution in [0.2, 0.25) is 0 Å². The van der Waals surface area contributed by atoms with E-state index in [0.29, 0.717) is 45.2 Å². The second-order valence-electron chi connectivity index (χ2n) is 9.22. The van der Waals surface area contributed by atoms with Crippen molar-refractivity contribution < 1.29 is 18.7 Å². The van der Waals surface area contributed by atoms with Gasteiger partial charge in [-0.05, 0) is 56.2 Å². The van der Waals surface area contributed by atoms with Crippen LogP contribution in [0.15, 0.2) is 24.3 Å². The molecule has 0 atom stereocenters. The average molecular weight is 432 g/mol. The van der Waals surface area contributed by atoms with Crippen molar-refractivity contribution in [3.63, 3.8) is 0 Å². The molecule has 2 N–H and O–H groups in total. The van der Waals surface area contributed by atoms with Gasteiger partial charge in [-0.25, -0.2) is 9.18 Å². The van der Waals surface area contributed by atoms with Crippen LogP contribution in [-0.2, 0) is 14.9 Å². The lowest BCUT2D eigenvalue weighted by molar-refractivity contribution is -0.131. The number of urea groups is 1. The lowest BCUT2D eigenvalue weighted by Crippen LogP contribution is -2.55. The molecule has 3 aliphatic rings. The predicted octanol–water partition coefficient (Wildman–Crippen LogP) is 3.50. The van der Waals surface area contributed by atoms with Crippen molar-refractivity contribution in [2.24, 2.45) is 0 Å². The Morgan fingerprint density at radius 1 is 0.968 bits per heavy atom. The number of carbonyl (C=O) groups is 2. The minimum Gasteiger partial charge on any atom is -0.381 e. The van der Waals surface area contributed by atoms with E-state index in [1.807, 2.05) is 11.0 Å². The second-order valence-corrected chi connectivity index (χ2v) is 9.22. The number of rotatable bonds is 4. The number of piperidine rings is 1. The Balaban J connectivity index is 1.33. The molecule has 3 amide bonds. The fourth-order valence-corrected chi connectivity index (χ4v) is 5.22. The summed E-state index contributed by atoms with van der Waals surface area (Å²) < 4.78 is 19.4. The number of nitrogens with one attached hydrogen (secondary N) is 2. The highest BCUT2D eigenvalue weighted by atomic mass is 19.1. The third-order valence-electron chi connectivity index (χ3n) is 7.21. The molecule has 7 heteroatoms. The molecule has 1 aliphatic carbocycles. The molecule has 3 fully saturated rings. The van der Waals surface area contributed by atoms with Gasteiger partial charge in [0.05, 0.1) is 5.41 Å². The van der Waals surface area contributed by atoms with Crippen LogP contribution in [0.5, 0.6) is 0 Å². The van der Waals surface area contributed by atoms with Crippen molar-refractivity contribution >= 4 is 11.9 Å². The smallest absolute Gasteiger partial charge is 0.317 e. The largest absolute Gasteiger partial charge is 0.381 e. The molecule has 0 unspecified atom stereocenters. The summed E-state index contributed by atoms with van der Waals surface area (Å²) in [4.78, 5) is 27.9. The van der Waals surface area contributed by atoms with Crippen LogP contribution in [0.1, 0.15) is 63.4 Å². The monoisotopic (exact) mass is 431 g/mol. The molecule has 2 heterocycles. The zero-order chi connectivity index (χ0) is 21.7. The second kappa shape index (κ2) is 9.98. The van der Waals surface area contributed by atoms with Gasteiger partial charge in [0, 0.05) is 38.4 Å². The number of hydrogen-bond acceptors (Lipinski definition) is 3. The van der Waals surface area contributed by atoms with Crippen molar-refractivity contribution in [1.29, 1.82) is 0 Å². The van der Waals surface area contributed by atoms with Gasteiger partial charge in [-0.15, -0.1) is 0 Å². The number of likely N-dealkylation sites (tertiary alicyclic amines) is 1. The van der Waals surface area contributed by atoms with E-state index in [4.69, 9.17) is 4.74 Å². The first-order valence-electron chi connectivity index (χ1n) is 11.8. The van der Waals surface area contributed by atoms with Gasteiger partial charge in [0.15, 0.2) is 0 Å². The van der Waals surface area contributed by atoms with Crippen molar-refractivity contribution in [2.45, 2.75) is 75.3 Å². The van der Waals surface area contributed by atoms with Gasteiger partial charge in [-0.2, -0.15) is 0 Å². The van der Waals surface area contributed by atoms with E-state index in [1.165, 1.54) is 31.4 Å². The average Bonchev–Trinajstić information content (AvgIpc) is 2.80. The van der Waals surface area contributed by atoms with E-state index >= 15 is 0 Å². The zero-order valence-electron chi connectivity index (χ0n) is 18.2. The van der Waals surface area contributed by atoms with Crippen LogP contribution < -0.4 is 10.6 Å². The van der Waals surface area contributed by atoms with Crippen LogP contribution in [-0.4, -0.2) is 55.2 Å². The minimum absolute atomic E-state index is 0.0253. The maximum absolute atomic E-state index is 13.9. The standard InChI is InChI=1S/C24H34FN3O3/c25-19-6-4-5-18(17-19)24(11-15-31-16-12-24)22(29)26-21-9-13-28(14-10-21)23(30)27-20-7-2-1-3-8-20/h4-6,17,20-21H,1-3,7-16H2,(H,26,29)(H,27,30).